The van der Waals surface area contributed by atoms with Gasteiger partial charge in [0.15, 0.2) is 0 Å². The summed E-state index contributed by atoms with van der Waals surface area (Å²) in [4.78, 5) is 9.27. The number of hydrogen-bond acceptors (Lipinski definition) is 2. The van der Waals surface area contributed by atoms with Gasteiger partial charge in [-0.3, -0.25) is 10.1 Å². The average Bonchev–Trinajstić information content (AvgIpc) is 1.82. The van der Waals surface area contributed by atoms with Crippen molar-refractivity contribution in [3.8, 4) is 0 Å². The first kappa shape index (κ1) is 7.62. The van der Waals surface area contributed by atoms with E-state index in [0.29, 0.717) is 0 Å². The van der Waals surface area contributed by atoms with Gasteiger partial charge in [0, 0.05) is 6.08 Å². The molecule has 0 aliphatic heterocycles. The predicted octanol–water partition coefficient (Wildman–Crippen LogP) is 1.52. The summed E-state index contributed by atoms with van der Waals surface area (Å²) in [5, 5.41) is 9.83. The van der Waals surface area contributed by atoms with E-state index in [1.807, 2.05) is 0 Å². The van der Waals surface area contributed by atoms with E-state index in [0.717, 1.165) is 0 Å². The van der Waals surface area contributed by atoms with Gasteiger partial charge < -0.3 is 0 Å². The molecule has 9 heavy (non-hydrogen) atoms. The smallest absolute Gasteiger partial charge is 0.258 e. The van der Waals surface area contributed by atoms with Crippen molar-refractivity contribution in [3.05, 3.63) is 47.2 Å². The van der Waals surface area contributed by atoms with Gasteiger partial charge in [-0.15, -0.1) is 0 Å². The Hall–Kier alpha value is -1.38. The molecule has 0 aromatic rings. The van der Waals surface area contributed by atoms with Crippen molar-refractivity contribution in [2.24, 2.45) is 0 Å². The molecule has 0 saturated heterocycles. The number of hydrogen-bond donors (Lipinski definition) is 0. The zero-order valence-corrected chi connectivity index (χ0v) is 4.91. The highest BCUT2D eigenvalue weighted by Gasteiger charge is 1.96. The third-order valence-electron chi connectivity index (χ3n) is 0.659. The number of nitro groups is 1. The van der Waals surface area contributed by atoms with Crippen LogP contribution in [-0.2, 0) is 0 Å². The monoisotopic (exact) mass is 125 g/mol. The maximum atomic E-state index is 9.83. The van der Waals surface area contributed by atoms with Gasteiger partial charge in [0.2, 0.25) is 0 Å². The molecule has 3 nitrogen and oxygen atoms in total. The van der Waals surface area contributed by atoms with Crippen molar-refractivity contribution in [1.82, 2.24) is 0 Å². The Kier molecular flexibility index (Phi) is 3.05. The minimum Gasteiger partial charge on any atom is -0.258 e. The SMILES string of the molecule is C=C/C=C\C(=C)[N+](=O)[O-]. The van der Waals surface area contributed by atoms with Crippen LogP contribution in [0.5, 0.6) is 0 Å². The highest BCUT2D eigenvalue weighted by Crippen LogP contribution is 1.91. The van der Waals surface area contributed by atoms with E-state index in [9.17, 15) is 10.1 Å². The first-order chi connectivity index (χ1) is 4.18. The highest BCUT2D eigenvalue weighted by molar-refractivity contribution is 5.11. The fourth-order valence-electron chi connectivity index (χ4n) is 0.240. The molecule has 0 saturated carbocycles. The van der Waals surface area contributed by atoms with Crippen molar-refractivity contribution >= 4 is 0 Å². The fraction of sp³-hybridized carbons (Fsp3) is 0. The van der Waals surface area contributed by atoms with Gasteiger partial charge in [0.05, 0.1) is 4.92 Å². The van der Waals surface area contributed by atoms with Crippen molar-refractivity contribution in [1.29, 1.82) is 0 Å². The van der Waals surface area contributed by atoms with Gasteiger partial charge in [0.1, 0.15) is 0 Å². The van der Waals surface area contributed by atoms with Gasteiger partial charge in [-0.2, -0.15) is 0 Å². The summed E-state index contributed by atoms with van der Waals surface area (Å²) < 4.78 is 0. The lowest BCUT2D eigenvalue weighted by molar-refractivity contribution is -0.418. The van der Waals surface area contributed by atoms with Crippen LogP contribution in [0.2, 0.25) is 0 Å². The molecular formula is C6H7NO2. The molecule has 0 bridgehead atoms. The second-order valence-electron chi connectivity index (χ2n) is 1.34. The summed E-state index contributed by atoms with van der Waals surface area (Å²) in [6, 6.07) is 0. The van der Waals surface area contributed by atoms with E-state index >= 15 is 0 Å². The molecule has 0 aliphatic carbocycles. The Labute approximate surface area is 53.1 Å². The Morgan fingerprint density at radius 1 is 1.67 bits per heavy atom. The molecule has 0 spiro atoms. The van der Waals surface area contributed by atoms with Crippen molar-refractivity contribution in [2.75, 3.05) is 0 Å². The number of allylic oxidation sites excluding steroid dienone is 3. The minimum atomic E-state index is -0.556. The predicted molar refractivity (Wildman–Crippen MR) is 35.5 cm³/mol. The molecular weight excluding hydrogens is 118 g/mol. The van der Waals surface area contributed by atoms with E-state index in [1.165, 1.54) is 18.2 Å². The first-order valence-corrected chi connectivity index (χ1v) is 2.31. The summed E-state index contributed by atoms with van der Waals surface area (Å²) in [6.45, 7) is 6.50. The summed E-state index contributed by atoms with van der Waals surface area (Å²) in [5.74, 6) is 0. The van der Waals surface area contributed by atoms with Crippen LogP contribution >= 0.6 is 0 Å². The summed E-state index contributed by atoms with van der Waals surface area (Å²) in [7, 11) is 0. The van der Waals surface area contributed by atoms with Gasteiger partial charge in [-0.1, -0.05) is 18.7 Å². The standard InChI is InChI=1S/C6H7NO2/c1-3-4-5-6(2)7(8)9/h3-5H,1-2H2/b5-4-. The Morgan fingerprint density at radius 2 is 2.22 bits per heavy atom. The molecule has 0 unspecified atom stereocenters. The molecule has 0 N–H and O–H groups in total. The average molecular weight is 125 g/mol. The van der Waals surface area contributed by atoms with E-state index < -0.39 is 4.92 Å². The Morgan fingerprint density at radius 3 is 2.56 bits per heavy atom. The fourth-order valence-corrected chi connectivity index (χ4v) is 0.240. The van der Waals surface area contributed by atoms with Crippen LogP contribution in [0.15, 0.2) is 37.1 Å². The van der Waals surface area contributed by atoms with Crippen molar-refractivity contribution in [3.63, 3.8) is 0 Å². The van der Waals surface area contributed by atoms with Gasteiger partial charge >= 0.3 is 0 Å². The second-order valence-corrected chi connectivity index (χ2v) is 1.34. The molecule has 0 radical (unpaired) electrons. The maximum absolute atomic E-state index is 9.83. The molecule has 48 valence electrons. The molecule has 0 aliphatic rings. The molecule has 0 atom stereocenters. The van der Waals surface area contributed by atoms with Crippen molar-refractivity contribution < 1.29 is 4.92 Å². The Balaban J connectivity index is 3.92. The van der Waals surface area contributed by atoms with E-state index in [2.05, 4.69) is 13.2 Å². The van der Waals surface area contributed by atoms with Crippen LogP contribution in [0.3, 0.4) is 0 Å². The molecule has 0 heterocycles. The topological polar surface area (TPSA) is 43.1 Å². The highest BCUT2D eigenvalue weighted by atomic mass is 16.6. The lowest BCUT2D eigenvalue weighted by atomic mass is 10.4. The van der Waals surface area contributed by atoms with Gasteiger partial charge in [-0.05, 0) is 6.58 Å². The molecule has 0 aromatic heterocycles. The Bertz CT molecular complexity index is 170. The van der Waals surface area contributed by atoms with E-state index in [-0.39, 0.29) is 5.70 Å². The van der Waals surface area contributed by atoms with E-state index in [4.69, 9.17) is 0 Å². The third-order valence-corrected chi connectivity index (χ3v) is 0.659. The van der Waals surface area contributed by atoms with Crippen LogP contribution in [0.25, 0.3) is 0 Å². The lowest BCUT2D eigenvalue weighted by Gasteiger charge is -1.82. The summed E-state index contributed by atoms with van der Waals surface area (Å²) in [6.07, 6.45) is 4.20. The maximum Gasteiger partial charge on any atom is 0.262 e. The normalized spacial score (nSPS) is 9.33. The van der Waals surface area contributed by atoms with Crippen LogP contribution in [0.1, 0.15) is 0 Å². The van der Waals surface area contributed by atoms with Crippen LogP contribution in [0, 0.1) is 10.1 Å². The van der Waals surface area contributed by atoms with Gasteiger partial charge in [0.25, 0.3) is 5.70 Å². The summed E-state index contributed by atoms with van der Waals surface area (Å²) >= 11 is 0. The second kappa shape index (κ2) is 3.60. The molecule has 0 aromatic carbocycles. The van der Waals surface area contributed by atoms with Crippen LogP contribution < -0.4 is 0 Å². The number of rotatable bonds is 3. The molecule has 0 fully saturated rings. The van der Waals surface area contributed by atoms with Crippen LogP contribution in [-0.4, -0.2) is 4.92 Å². The zero-order chi connectivity index (χ0) is 7.28. The van der Waals surface area contributed by atoms with Crippen molar-refractivity contribution in [2.45, 2.75) is 0 Å². The quantitative estimate of drug-likeness (QED) is 0.326. The van der Waals surface area contributed by atoms with Crippen LogP contribution in [0.4, 0.5) is 0 Å². The summed E-state index contributed by atoms with van der Waals surface area (Å²) in [5.41, 5.74) is -0.130. The lowest BCUT2D eigenvalue weighted by Crippen LogP contribution is -1.91. The molecule has 0 amide bonds. The molecule has 3 heteroatoms. The third kappa shape index (κ3) is 3.22. The number of nitrogens with zero attached hydrogens (tertiary/aromatic N) is 1. The first-order valence-electron chi connectivity index (χ1n) is 2.31. The molecule has 0 rings (SSSR count). The minimum absolute atomic E-state index is 0.130. The zero-order valence-electron chi connectivity index (χ0n) is 4.91. The van der Waals surface area contributed by atoms with Gasteiger partial charge in [-0.25, -0.2) is 0 Å². The largest absolute Gasteiger partial charge is 0.262 e. The van der Waals surface area contributed by atoms with E-state index in [1.54, 1.807) is 0 Å².